The van der Waals surface area contributed by atoms with Gasteiger partial charge in [0.2, 0.25) is 5.91 Å². The van der Waals surface area contributed by atoms with Gasteiger partial charge >= 0.3 is 0 Å². The van der Waals surface area contributed by atoms with Crippen LogP contribution in [-0.4, -0.2) is 68.5 Å². The Hall–Kier alpha value is -2.58. The molecule has 0 aliphatic rings. The maximum Gasteiger partial charge on any atom is 0.268 e. The van der Waals surface area contributed by atoms with Crippen molar-refractivity contribution in [2.45, 2.75) is 193 Å². The van der Waals surface area contributed by atoms with Gasteiger partial charge in [-0.05, 0) is 77.0 Å². The SMILES string of the molecule is CC/C=C\C/C=C\C/C=C\C/C=C\C/C=C\C/C=C\C/C=C\C/C=C\CCCCCCCCC(=O)NC(COP(=O)([O-])OCC[N+](C)(C)C)C(O)CCCCCCCCCCC. The smallest absolute Gasteiger partial charge is 0.268 e. The largest absolute Gasteiger partial charge is 0.756 e. The summed E-state index contributed by atoms with van der Waals surface area (Å²) < 4.78 is 23.2. The lowest BCUT2D eigenvalue weighted by molar-refractivity contribution is -0.870. The fourth-order valence-corrected chi connectivity index (χ4v) is 7.19. The molecule has 8 nitrogen and oxygen atoms in total. The fourth-order valence-electron chi connectivity index (χ4n) is 6.47. The third-order valence-electron chi connectivity index (χ3n) is 10.3. The molecule has 0 radical (unpaired) electrons. The molecule has 0 spiro atoms. The number of carbonyl (C=O) groups is 1. The van der Waals surface area contributed by atoms with Gasteiger partial charge in [0, 0.05) is 6.42 Å². The van der Waals surface area contributed by atoms with Crippen LogP contribution >= 0.6 is 7.82 Å². The van der Waals surface area contributed by atoms with Crippen LogP contribution in [0.1, 0.15) is 181 Å². The number of aliphatic hydroxyl groups is 1. The molecule has 0 rings (SSSR count). The maximum atomic E-state index is 12.9. The Bertz CT molecular complexity index is 1330. The summed E-state index contributed by atoms with van der Waals surface area (Å²) in [4.78, 5) is 25.3. The van der Waals surface area contributed by atoms with Gasteiger partial charge in [0.15, 0.2) is 0 Å². The minimum atomic E-state index is -4.57. The molecule has 0 aromatic carbocycles. The van der Waals surface area contributed by atoms with Crippen molar-refractivity contribution >= 4 is 13.7 Å². The molecule has 0 saturated heterocycles. The summed E-state index contributed by atoms with van der Waals surface area (Å²) in [5.74, 6) is -0.187. The molecule has 0 heterocycles. The lowest BCUT2D eigenvalue weighted by Crippen LogP contribution is -2.46. The number of amides is 1. The van der Waals surface area contributed by atoms with E-state index < -0.39 is 20.0 Å². The molecule has 3 unspecified atom stereocenters. The number of rotatable bonds is 43. The van der Waals surface area contributed by atoms with Gasteiger partial charge in [-0.25, -0.2) is 0 Å². The number of aliphatic hydroxyl groups excluding tert-OH is 1. The second-order valence-electron chi connectivity index (χ2n) is 17.4. The first-order valence-electron chi connectivity index (χ1n) is 24.6. The van der Waals surface area contributed by atoms with Crippen LogP contribution in [0.3, 0.4) is 0 Å². The van der Waals surface area contributed by atoms with Crippen molar-refractivity contribution in [2.75, 3.05) is 40.9 Å². The Kier molecular flexibility index (Phi) is 41.8. The molecular weight excluding hydrogens is 792 g/mol. The first kappa shape index (κ1) is 59.4. The zero-order valence-corrected chi connectivity index (χ0v) is 41.2. The average Bonchev–Trinajstić information content (AvgIpc) is 3.23. The number of phosphoric ester groups is 1. The highest BCUT2D eigenvalue weighted by Gasteiger charge is 2.24. The van der Waals surface area contributed by atoms with E-state index in [4.69, 9.17) is 9.05 Å². The Labute approximate surface area is 381 Å². The van der Waals surface area contributed by atoms with E-state index in [1.165, 1.54) is 51.4 Å². The monoisotopic (exact) mass is 885 g/mol. The molecule has 0 aromatic heterocycles. The molecule has 9 heteroatoms. The van der Waals surface area contributed by atoms with Crippen LogP contribution in [0.2, 0.25) is 0 Å². The fraction of sp³-hybridized carbons (Fsp3) is 0.679. The number of hydrogen-bond donors (Lipinski definition) is 2. The van der Waals surface area contributed by atoms with E-state index in [2.05, 4.69) is 116 Å². The van der Waals surface area contributed by atoms with Crippen LogP contribution in [0.4, 0.5) is 0 Å². The number of likely N-dealkylation sites (N-methyl/N-ethyl adjacent to an activating group) is 1. The molecule has 0 aliphatic heterocycles. The Morgan fingerprint density at radius 3 is 1.44 bits per heavy atom. The van der Waals surface area contributed by atoms with Gasteiger partial charge in [-0.3, -0.25) is 9.36 Å². The van der Waals surface area contributed by atoms with Crippen LogP contribution in [-0.2, 0) is 18.4 Å². The minimum Gasteiger partial charge on any atom is -0.756 e. The van der Waals surface area contributed by atoms with E-state index >= 15 is 0 Å². The number of nitrogens with one attached hydrogen (secondary N) is 1. The quantitative estimate of drug-likeness (QED) is 0.0273. The third-order valence-corrected chi connectivity index (χ3v) is 11.3. The van der Waals surface area contributed by atoms with E-state index in [0.29, 0.717) is 23.9 Å². The van der Waals surface area contributed by atoms with Crippen molar-refractivity contribution in [1.82, 2.24) is 5.32 Å². The molecular formula is C53H93N2O6P. The lowest BCUT2D eigenvalue weighted by atomic mass is 10.0. The number of carbonyl (C=O) groups excluding carboxylic acids is 1. The summed E-state index contributed by atoms with van der Waals surface area (Å²) in [7, 11) is 1.27. The first-order valence-corrected chi connectivity index (χ1v) is 26.0. The van der Waals surface area contributed by atoms with Crippen molar-refractivity contribution in [3.63, 3.8) is 0 Å². The standard InChI is InChI=1S/C53H93N2O6P/c1-6-8-10-12-14-16-17-18-19-20-21-22-23-24-25-26-27-28-29-30-31-32-33-34-35-36-37-39-41-43-45-47-53(57)54-51(50-61-62(58,59)60-49-48-55(3,4)5)52(56)46-44-42-40-38-15-13-11-9-7-2/h8,10,14,16,18-19,21-22,24-25,27-28,30-31,33-34,51-52,56H,6-7,9,11-13,15,17,20,23,26,29,32,35-50H2,1-5H3,(H-,54,57,58,59)/b10-8-,16-14-,19-18-,22-21-,25-24-,28-27-,31-30-,34-33-. The lowest BCUT2D eigenvalue weighted by Gasteiger charge is -2.30. The van der Waals surface area contributed by atoms with Crippen molar-refractivity contribution in [2.24, 2.45) is 0 Å². The summed E-state index contributed by atoms with van der Waals surface area (Å²) in [5.41, 5.74) is 0. The molecule has 3 atom stereocenters. The second-order valence-corrected chi connectivity index (χ2v) is 18.8. The number of nitrogens with zero attached hydrogens (tertiary/aromatic N) is 1. The molecule has 0 aliphatic carbocycles. The molecule has 1 amide bonds. The van der Waals surface area contributed by atoms with E-state index in [9.17, 15) is 19.4 Å². The Morgan fingerprint density at radius 1 is 0.581 bits per heavy atom. The van der Waals surface area contributed by atoms with Crippen LogP contribution in [0.25, 0.3) is 0 Å². The van der Waals surface area contributed by atoms with Crippen LogP contribution in [0, 0.1) is 0 Å². The minimum absolute atomic E-state index is 0.00341. The second kappa shape index (κ2) is 43.7. The molecule has 356 valence electrons. The summed E-state index contributed by atoms with van der Waals surface area (Å²) in [6, 6.07) is -0.813. The first-order chi connectivity index (χ1) is 30.0. The molecule has 0 bridgehead atoms. The van der Waals surface area contributed by atoms with Gasteiger partial charge < -0.3 is 28.8 Å². The maximum absolute atomic E-state index is 12.9. The van der Waals surface area contributed by atoms with E-state index in [-0.39, 0.29) is 19.1 Å². The zero-order chi connectivity index (χ0) is 45.7. The van der Waals surface area contributed by atoms with Crippen molar-refractivity contribution < 1.29 is 32.9 Å². The number of unbranched alkanes of at least 4 members (excludes halogenated alkanes) is 14. The normalized spacial score (nSPS) is 15.0. The molecule has 62 heavy (non-hydrogen) atoms. The van der Waals surface area contributed by atoms with Gasteiger partial charge in [0.05, 0.1) is 39.9 Å². The Balaban J connectivity index is 4.18. The molecule has 0 saturated carbocycles. The Morgan fingerprint density at radius 2 is 0.984 bits per heavy atom. The van der Waals surface area contributed by atoms with Crippen LogP contribution < -0.4 is 10.2 Å². The summed E-state index contributed by atoms with van der Waals surface area (Å²) in [6.07, 6.45) is 61.5. The van der Waals surface area contributed by atoms with Crippen molar-refractivity contribution in [3.05, 3.63) is 97.2 Å². The molecule has 0 fully saturated rings. The van der Waals surface area contributed by atoms with E-state index in [1.807, 2.05) is 21.1 Å². The average molecular weight is 885 g/mol. The predicted molar refractivity (Wildman–Crippen MR) is 265 cm³/mol. The van der Waals surface area contributed by atoms with E-state index in [0.717, 1.165) is 103 Å². The van der Waals surface area contributed by atoms with Gasteiger partial charge in [0.25, 0.3) is 7.82 Å². The van der Waals surface area contributed by atoms with Gasteiger partial charge in [-0.15, -0.1) is 0 Å². The van der Waals surface area contributed by atoms with Crippen LogP contribution in [0.15, 0.2) is 97.2 Å². The van der Waals surface area contributed by atoms with Crippen LogP contribution in [0.5, 0.6) is 0 Å². The van der Waals surface area contributed by atoms with Gasteiger partial charge in [-0.1, -0.05) is 195 Å². The topological polar surface area (TPSA) is 108 Å². The highest BCUT2D eigenvalue weighted by atomic mass is 31.2. The molecule has 0 aromatic rings. The summed E-state index contributed by atoms with van der Waals surface area (Å²) in [6.45, 7) is 4.54. The predicted octanol–water partition coefficient (Wildman–Crippen LogP) is 13.7. The third kappa shape index (κ3) is 45.4. The van der Waals surface area contributed by atoms with E-state index in [1.54, 1.807) is 0 Å². The van der Waals surface area contributed by atoms with Crippen molar-refractivity contribution in [3.8, 4) is 0 Å². The number of hydrogen-bond acceptors (Lipinski definition) is 6. The van der Waals surface area contributed by atoms with Gasteiger partial charge in [0.1, 0.15) is 13.2 Å². The van der Waals surface area contributed by atoms with Crippen molar-refractivity contribution in [1.29, 1.82) is 0 Å². The summed E-state index contributed by atoms with van der Waals surface area (Å²) >= 11 is 0. The molecule has 2 N–H and O–H groups in total. The highest BCUT2D eigenvalue weighted by Crippen LogP contribution is 2.38. The number of quaternary nitrogens is 1. The number of phosphoric acid groups is 1. The number of allylic oxidation sites excluding steroid dienone is 16. The zero-order valence-electron chi connectivity index (χ0n) is 40.3. The van der Waals surface area contributed by atoms with Gasteiger partial charge in [-0.2, -0.15) is 0 Å². The highest BCUT2D eigenvalue weighted by molar-refractivity contribution is 7.45. The summed E-state index contributed by atoms with van der Waals surface area (Å²) in [5, 5.41) is 13.8.